The number of nitrogens with one attached hydrogen (secondary N) is 1. The minimum absolute atomic E-state index is 0.0878. The molecule has 0 bridgehead atoms. The van der Waals surface area contributed by atoms with Gasteiger partial charge >= 0.3 is 6.09 Å². The van der Waals surface area contributed by atoms with Crippen molar-refractivity contribution in [3.05, 3.63) is 203 Å². The maximum absolute atomic E-state index is 13.8. The number of hydrogen-bond donors (Lipinski definition) is 3. The van der Waals surface area contributed by atoms with Crippen molar-refractivity contribution < 1.29 is 76.6 Å². The zero-order valence-electron chi connectivity index (χ0n) is 49.2. The maximum atomic E-state index is 13.8. The molecule has 3 N–H and O–H groups in total. The van der Waals surface area contributed by atoms with E-state index in [2.05, 4.69) is 36.5 Å². The summed E-state index contributed by atoms with van der Waals surface area (Å²) >= 11 is 0. The van der Waals surface area contributed by atoms with Crippen molar-refractivity contribution in [3.8, 4) is 11.1 Å². The molecule has 5 saturated heterocycles. The van der Waals surface area contributed by atoms with Crippen LogP contribution in [0.15, 0.2) is 170 Å². The van der Waals surface area contributed by atoms with Crippen LogP contribution in [0.5, 0.6) is 0 Å². The van der Waals surface area contributed by atoms with Crippen LogP contribution in [-0.4, -0.2) is 134 Å². The molecule has 0 saturated carbocycles. The first-order valence-corrected chi connectivity index (χ1v) is 30.1. The highest BCUT2D eigenvalue weighted by molar-refractivity contribution is 5.79. The van der Waals surface area contributed by atoms with Gasteiger partial charge in [-0.15, -0.1) is 0 Å². The van der Waals surface area contributed by atoms with Gasteiger partial charge in [0.25, 0.3) is 0 Å². The molecule has 6 aromatic rings. The molecule has 6 unspecified atom stereocenters. The van der Waals surface area contributed by atoms with E-state index in [9.17, 15) is 15.0 Å². The molecule has 1 amide bonds. The van der Waals surface area contributed by atoms with Crippen molar-refractivity contribution in [2.75, 3.05) is 33.0 Å². The summed E-state index contributed by atoms with van der Waals surface area (Å²) in [4.78, 5) is 13.8. The Hall–Kier alpha value is -5.97. The molecule has 0 aromatic heterocycles. The molecule has 456 valence electrons. The van der Waals surface area contributed by atoms with E-state index < -0.39 is 116 Å². The van der Waals surface area contributed by atoms with Gasteiger partial charge in [-0.25, -0.2) is 4.79 Å². The molecule has 12 rings (SSSR count). The Morgan fingerprint density at radius 1 is 0.640 bits per heavy atom. The van der Waals surface area contributed by atoms with Gasteiger partial charge in [-0.05, 0) is 52.8 Å². The lowest BCUT2D eigenvalue weighted by Crippen LogP contribution is -2.67. The molecule has 0 radical (unpaired) electrons. The van der Waals surface area contributed by atoms with Gasteiger partial charge in [0.15, 0.2) is 31.5 Å². The van der Waals surface area contributed by atoms with Crippen LogP contribution in [0.3, 0.4) is 0 Å². The van der Waals surface area contributed by atoms with E-state index in [0.717, 1.165) is 44.5 Å². The number of ether oxygens (including phenoxy) is 13. The van der Waals surface area contributed by atoms with E-state index in [-0.39, 0.29) is 51.5 Å². The number of amides is 1. The van der Waals surface area contributed by atoms with Crippen LogP contribution in [0.2, 0.25) is 0 Å². The third-order valence-corrected chi connectivity index (χ3v) is 18.2. The monoisotopic (exact) mass is 1180 g/mol. The first-order valence-electron chi connectivity index (χ1n) is 30.1. The van der Waals surface area contributed by atoms with E-state index in [1.54, 1.807) is 0 Å². The summed E-state index contributed by atoms with van der Waals surface area (Å²) in [7, 11) is 0. The Bertz CT molecular complexity index is 3100. The SMILES string of the molecule is CC1[C@@H](NC(=O)OCC2c3ccccc3-c3ccccc32)C(CO)O[C@H](O)[C@@H]1O[C@@H]1OC(C)[C@H](O[C@@H]2OC[C@@H](C)C(O[C@@H]3OC[C@]4(COCc5ccccc5)O[C@@H](c5ccccc5)OC34)[C@H]2OCc2ccccc2)C(C)(OCc2ccccc2)[C@@H]1C. The Kier molecular flexibility index (Phi) is 18.8. The zero-order chi connectivity index (χ0) is 59.4. The van der Waals surface area contributed by atoms with Crippen molar-refractivity contribution in [2.24, 2.45) is 17.8 Å². The summed E-state index contributed by atoms with van der Waals surface area (Å²) in [6.45, 7) is 10.7. The number of fused-ring (bicyclic) bond motifs is 4. The van der Waals surface area contributed by atoms with Crippen molar-refractivity contribution in [2.45, 2.75) is 152 Å². The summed E-state index contributed by atoms with van der Waals surface area (Å²) in [5.74, 6) is -1.59. The first kappa shape index (κ1) is 60.3. The normalized spacial score (nSPS) is 34.0. The van der Waals surface area contributed by atoms with E-state index in [1.807, 2.05) is 173 Å². The second-order valence-corrected chi connectivity index (χ2v) is 23.9. The molecule has 0 spiro atoms. The second-order valence-electron chi connectivity index (χ2n) is 23.9. The van der Waals surface area contributed by atoms with Gasteiger partial charge in [-0.3, -0.25) is 0 Å². The predicted octanol–water partition coefficient (Wildman–Crippen LogP) is 9.76. The van der Waals surface area contributed by atoms with E-state index in [0.29, 0.717) is 6.61 Å². The predicted molar refractivity (Wildman–Crippen MR) is 315 cm³/mol. The third-order valence-electron chi connectivity index (χ3n) is 18.2. The molecule has 5 aliphatic heterocycles. The summed E-state index contributed by atoms with van der Waals surface area (Å²) in [5, 5.41) is 25.3. The molecule has 5 heterocycles. The molecule has 18 atom stereocenters. The van der Waals surface area contributed by atoms with Gasteiger partial charge in [0.05, 0.1) is 64.5 Å². The highest BCUT2D eigenvalue weighted by atomic mass is 16.8. The molecular formula is C69H79NO16. The van der Waals surface area contributed by atoms with Gasteiger partial charge in [-0.1, -0.05) is 191 Å². The smallest absolute Gasteiger partial charge is 0.407 e. The van der Waals surface area contributed by atoms with Crippen LogP contribution in [-0.2, 0) is 81.4 Å². The molecule has 1 aliphatic carbocycles. The number of benzene rings is 6. The largest absolute Gasteiger partial charge is 0.449 e. The van der Waals surface area contributed by atoms with Crippen LogP contribution in [0.1, 0.15) is 80.2 Å². The lowest BCUT2D eigenvalue weighted by atomic mass is 9.79. The number of carbonyl (C=O) groups is 1. The zero-order valence-corrected chi connectivity index (χ0v) is 49.2. The number of hydrogen-bond acceptors (Lipinski definition) is 16. The van der Waals surface area contributed by atoms with Crippen LogP contribution in [0.25, 0.3) is 11.1 Å². The lowest BCUT2D eigenvalue weighted by Gasteiger charge is -2.54. The first-order chi connectivity index (χ1) is 41.9. The minimum atomic E-state index is -1.50. The topological polar surface area (TPSA) is 190 Å². The number of alkyl carbamates (subject to hydrolysis) is 1. The molecule has 86 heavy (non-hydrogen) atoms. The molecule has 17 nitrogen and oxygen atoms in total. The average molecular weight is 1180 g/mol. The summed E-state index contributed by atoms with van der Waals surface area (Å²) in [6, 6.07) is 55.0. The number of rotatable bonds is 21. The number of aliphatic hydroxyl groups is 2. The average Bonchev–Trinajstić information content (AvgIpc) is 1.49. The molecule has 5 fully saturated rings. The fraction of sp³-hybridized carbons (Fsp3) is 0.464. The van der Waals surface area contributed by atoms with Crippen LogP contribution >= 0.6 is 0 Å². The Balaban J connectivity index is 0.777. The molecule has 6 aromatic carbocycles. The van der Waals surface area contributed by atoms with Crippen molar-refractivity contribution in [1.82, 2.24) is 5.32 Å². The van der Waals surface area contributed by atoms with Crippen LogP contribution in [0.4, 0.5) is 4.79 Å². The highest BCUT2D eigenvalue weighted by Crippen LogP contribution is 2.49. The quantitative estimate of drug-likeness (QED) is 0.0617. The number of aliphatic hydroxyl groups excluding tert-OH is 2. The maximum Gasteiger partial charge on any atom is 0.407 e. The molecule has 17 heteroatoms. The molecular weight excluding hydrogens is 1100 g/mol. The van der Waals surface area contributed by atoms with Gasteiger partial charge in [0, 0.05) is 29.2 Å². The van der Waals surface area contributed by atoms with Gasteiger partial charge in [0.1, 0.15) is 48.3 Å². The van der Waals surface area contributed by atoms with Crippen molar-refractivity contribution >= 4 is 6.09 Å². The Morgan fingerprint density at radius 2 is 1.23 bits per heavy atom. The van der Waals surface area contributed by atoms with Gasteiger partial charge < -0.3 is 77.1 Å². The third kappa shape index (κ3) is 12.7. The van der Waals surface area contributed by atoms with Crippen LogP contribution < -0.4 is 5.32 Å². The van der Waals surface area contributed by atoms with Gasteiger partial charge in [-0.2, -0.15) is 0 Å². The lowest BCUT2D eigenvalue weighted by molar-refractivity contribution is -0.383. The van der Waals surface area contributed by atoms with E-state index >= 15 is 0 Å². The minimum Gasteiger partial charge on any atom is -0.449 e. The summed E-state index contributed by atoms with van der Waals surface area (Å²) in [5.41, 5.74) is 5.98. The fourth-order valence-corrected chi connectivity index (χ4v) is 13.2. The molecule has 6 aliphatic rings. The fourth-order valence-electron chi connectivity index (χ4n) is 13.2. The van der Waals surface area contributed by atoms with Crippen molar-refractivity contribution in [3.63, 3.8) is 0 Å². The second kappa shape index (κ2) is 26.8. The standard InChI is InChI=1S/C69H79NO16/c1-42-35-76-65(59(75-37-47-24-12-7-13-25-47)57(42)82-66-61-69(41-78-66,40-74-36-46-22-10-6-11-23-46)86-64(85-61)49-28-16-9-17-29-49)84-60-45(4)80-63(44(3)68(60,5)79-38-48-26-14-8-15-27-48)83-58-43(2)56(55(34-71)81-62(58)72)70-67(73)77-39-54-52-32-20-18-30-50(52)51-31-19-21-33-53(51)54/h6-33,42-45,54-66,71-72H,34-41H2,1-5H3,(H,70,73)/t42-,43?,44-,45?,55?,56-,57?,58-,59-,60+,61?,62+,63+,64+,65+,66+,68?,69+/m1/s1. The Morgan fingerprint density at radius 3 is 1.88 bits per heavy atom. The van der Waals surface area contributed by atoms with Gasteiger partial charge in [0.2, 0.25) is 0 Å². The van der Waals surface area contributed by atoms with Crippen molar-refractivity contribution in [1.29, 1.82) is 0 Å². The van der Waals surface area contributed by atoms with Crippen LogP contribution in [0, 0.1) is 17.8 Å². The number of carbonyl (C=O) groups excluding carboxylic acids is 1. The van der Waals surface area contributed by atoms with E-state index in [1.165, 1.54) is 0 Å². The summed E-state index contributed by atoms with van der Waals surface area (Å²) < 4.78 is 87.5. The Labute approximate surface area is 503 Å². The summed E-state index contributed by atoms with van der Waals surface area (Å²) in [6.07, 6.45) is -11.5. The van der Waals surface area contributed by atoms with E-state index in [4.69, 9.17) is 61.6 Å². The highest BCUT2D eigenvalue weighted by Gasteiger charge is 2.62.